The van der Waals surface area contributed by atoms with Gasteiger partial charge in [-0.15, -0.1) is 11.7 Å². The molecule has 1 aliphatic carbocycles. The smallest absolute Gasteiger partial charge is 0.688 e. The fraction of sp³-hybridized carbons (Fsp3) is 0.720. The van der Waals surface area contributed by atoms with E-state index >= 15 is 0 Å². The maximum absolute atomic E-state index is 5.29. The third-order valence-corrected chi connectivity index (χ3v) is 14.0. The van der Waals surface area contributed by atoms with Crippen LogP contribution in [0.25, 0.3) is 9.96 Å². The van der Waals surface area contributed by atoms with Gasteiger partial charge in [0.2, 0.25) is 0 Å². The molecular formula is C25H45CrN2OSi2. The summed E-state index contributed by atoms with van der Waals surface area (Å²) in [6.07, 6.45) is 2.56. The maximum Gasteiger partial charge on any atom is 3.00 e. The molecule has 0 amide bonds. The topological polar surface area (TPSA) is 37.4 Å². The van der Waals surface area contributed by atoms with Crippen LogP contribution >= 0.6 is 0 Å². The minimum Gasteiger partial charge on any atom is -0.688 e. The number of rotatable bonds is 6. The summed E-state index contributed by atoms with van der Waals surface area (Å²) in [6.45, 7) is 23.7. The van der Waals surface area contributed by atoms with Crippen molar-refractivity contribution in [3.05, 3.63) is 46.2 Å². The average Bonchev–Trinajstić information content (AvgIpc) is 3.26. The molecule has 1 saturated carbocycles. The van der Waals surface area contributed by atoms with E-state index in [1.54, 1.807) is 5.92 Å². The van der Waals surface area contributed by atoms with Crippen molar-refractivity contribution >= 4 is 22.2 Å². The molecular weight excluding hydrogens is 452 g/mol. The van der Waals surface area contributed by atoms with Gasteiger partial charge in [-0.1, -0.05) is 113 Å². The van der Waals surface area contributed by atoms with Gasteiger partial charge in [-0.25, -0.2) is 0 Å². The molecule has 0 bridgehead atoms. The third-order valence-electron chi connectivity index (χ3n) is 6.98. The summed E-state index contributed by atoms with van der Waals surface area (Å²) in [7, 11) is -3.42. The van der Waals surface area contributed by atoms with Crippen molar-refractivity contribution in [1.29, 1.82) is 0 Å². The molecule has 3 rings (SSSR count). The second-order valence-electron chi connectivity index (χ2n) is 10.7. The molecule has 1 heterocycles. The van der Waals surface area contributed by atoms with Crippen LogP contribution in [0.3, 0.4) is 0 Å². The Balaban J connectivity index is 0.000000701. The molecule has 0 spiro atoms. The Kier molecular flexibility index (Phi) is 11.6. The summed E-state index contributed by atoms with van der Waals surface area (Å²) in [6, 6.07) is 11.0. The second kappa shape index (κ2) is 12.4. The van der Waals surface area contributed by atoms with Crippen molar-refractivity contribution < 1.29 is 22.1 Å². The molecule has 4 unspecified atom stereocenters. The van der Waals surface area contributed by atoms with Crippen LogP contribution in [0.2, 0.25) is 37.3 Å². The van der Waals surface area contributed by atoms with Crippen molar-refractivity contribution in [2.75, 3.05) is 13.2 Å². The Morgan fingerprint density at radius 1 is 0.903 bits per heavy atom. The van der Waals surface area contributed by atoms with Crippen LogP contribution in [-0.2, 0) is 22.1 Å². The first-order valence-electron chi connectivity index (χ1n) is 11.9. The number of hydrogen-bond donors (Lipinski definition) is 0. The Bertz CT molecular complexity index is 630. The fourth-order valence-corrected chi connectivity index (χ4v) is 14.6. The Morgan fingerprint density at radius 3 is 1.81 bits per heavy atom. The third kappa shape index (κ3) is 7.73. The molecule has 1 radical (unpaired) electrons. The molecule has 0 N–H and O–H groups in total. The van der Waals surface area contributed by atoms with Gasteiger partial charge in [0.1, 0.15) is 0 Å². The predicted octanol–water partition coefficient (Wildman–Crippen LogP) is 8.30. The largest absolute Gasteiger partial charge is 3.00 e. The Morgan fingerprint density at radius 2 is 1.39 bits per heavy atom. The minimum atomic E-state index is -1.77. The zero-order chi connectivity index (χ0) is 22.5. The van der Waals surface area contributed by atoms with E-state index in [4.69, 9.17) is 14.7 Å². The molecule has 4 atom stereocenters. The number of ether oxygens (including phenoxy) is 1. The van der Waals surface area contributed by atoms with Gasteiger partial charge >= 0.3 is 17.4 Å². The van der Waals surface area contributed by atoms with Crippen molar-refractivity contribution in [3.8, 4) is 0 Å². The second-order valence-corrected chi connectivity index (χ2v) is 19.1. The van der Waals surface area contributed by atoms with Crippen LogP contribution in [-0.4, -0.2) is 35.7 Å². The van der Waals surface area contributed by atoms with E-state index in [0.29, 0.717) is 29.0 Å². The SMILES string of the molecule is C1CCOC1.C[C-]1C([Si](C)(C)[N-]c2ccccc2)C(C)C(C)C1[Si](C)(C)[N-]C(C)C.[Cr+3]. The van der Waals surface area contributed by atoms with E-state index in [1.165, 1.54) is 12.8 Å². The van der Waals surface area contributed by atoms with E-state index < -0.39 is 16.5 Å². The van der Waals surface area contributed by atoms with Gasteiger partial charge < -0.3 is 20.6 Å². The van der Waals surface area contributed by atoms with E-state index in [-0.39, 0.29) is 17.4 Å². The van der Waals surface area contributed by atoms with Crippen molar-refractivity contribution in [3.63, 3.8) is 0 Å². The standard InChI is InChI=1S/C21H37N2Si2.C4H8O.Cr/c1-15(2)22-24(6,7)20-16(3)17(4)21(18(20)5)25(8,9)23-19-13-11-10-12-14-19;1-2-4-5-3-1;/h10-17,20-21H,1-9H3;1-4H2;/q-3;;+3. The van der Waals surface area contributed by atoms with Gasteiger partial charge in [0.15, 0.2) is 0 Å². The molecule has 6 heteroatoms. The molecule has 1 saturated heterocycles. The van der Waals surface area contributed by atoms with E-state index in [0.717, 1.165) is 18.9 Å². The van der Waals surface area contributed by atoms with Gasteiger partial charge in [-0.2, -0.15) is 18.0 Å². The molecule has 175 valence electrons. The van der Waals surface area contributed by atoms with E-state index in [2.05, 4.69) is 91.1 Å². The monoisotopic (exact) mass is 497 g/mol. The summed E-state index contributed by atoms with van der Waals surface area (Å²) in [5.74, 6) is 3.12. The normalized spacial score (nSPS) is 26.9. The molecule has 31 heavy (non-hydrogen) atoms. The van der Waals surface area contributed by atoms with Gasteiger partial charge in [-0.3, -0.25) is 0 Å². The Labute approximate surface area is 205 Å². The average molecular weight is 498 g/mol. The number of nitrogens with zero attached hydrogens (tertiary/aromatic N) is 2. The molecule has 1 aromatic rings. The summed E-state index contributed by atoms with van der Waals surface area (Å²) in [5.41, 5.74) is 2.49. The van der Waals surface area contributed by atoms with Crippen LogP contribution in [0, 0.1) is 17.8 Å². The first-order valence-corrected chi connectivity index (χ1v) is 17.9. The molecule has 0 aromatic heterocycles. The minimum absolute atomic E-state index is 0. The van der Waals surface area contributed by atoms with Crippen LogP contribution in [0.15, 0.2) is 30.3 Å². The van der Waals surface area contributed by atoms with E-state index in [9.17, 15) is 0 Å². The predicted molar refractivity (Wildman–Crippen MR) is 138 cm³/mol. The maximum atomic E-state index is 5.29. The fourth-order valence-electron chi connectivity index (χ4n) is 6.19. The number of hydrogen-bond acceptors (Lipinski definition) is 1. The van der Waals surface area contributed by atoms with Crippen LogP contribution in [0.4, 0.5) is 5.69 Å². The summed E-state index contributed by atoms with van der Waals surface area (Å²) < 4.78 is 4.94. The summed E-state index contributed by atoms with van der Waals surface area (Å²) >= 11 is 0. The van der Waals surface area contributed by atoms with Crippen molar-refractivity contribution in [2.24, 2.45) is 11.8 Å². The number of benzene rings is 1. The van der Waals surface area contributed by atoms with Gasteiger partial charge in [-0.05, 0) is 12.8 Å². The van der Waals surface area contributed by atoms with Gasteiger partial charge in [0, 0.05) is 13.2 Å². The zero-order valence-electron chi connectivity index (χ0n) is 21.3. The molecule has 2 fully saturated rings. The first kappa shape index (κ1) is 28.9. The van der Waals surface area contributed by atoms with Crippen LogP contribution in [0.1, 0.15) is 47.5 Å². The summed E-state index contributed by atoms with van der Waals surface area (Å²) in [5, 5.41) is 0. The van der Waals surface area contributed by atoms with E-state index in [1.807, 2.05) is 0 Å². The van der Waals surface area contributed by atoms with Crippen LogP contribution in [0.5, 0.6) is 0 Å². The molecule has 3 nitrogen and oxygen atoms in total. The summed E-state index contributed by atoms with van der Waals surface area (Å²) in [4.78, 5) is 10.5. The van der Waals surface area contributed by atoms with Crippen molar-refractivity contribution in [2.45, 2.75) is 90.8 Å². The van der Waals surface area contributed by atoms with Gasteiger partial charge in [0.25, 0.3) is 0 Å². The molecule has 1 aromatic carbocycles. The molecule has 1 aliphatic heterocycles. The zero-order valence-corrected chi connectivity index (χ0v) is 24.6. The first-order chi connectivity index (χ1) is 14.0. The Hall–Kier alpha value is -0.0938. The van der Waals surface area contributed by atoms with Crippen molar-refractivity contribution in [1.82, 2.24) is 0 Å². The molecule has 2 aliphatic rings. The van der Waals surface area contributed by atoms with Crippen LogP contribution < -0.4 is 0 Å². The quantitative estimate of drug-likeness (QED) is 0.288. The van der Waals surface area contributed by atoms with Gasteiger partial charge in [0.05, 0.1) is 0 Å².